The number of hydrogen-bond donors (Lipinski definition) is 5. The van der Waals surface area contributed by atoms with Gasteiger partial charge in [-0.1, -0.05) is 142 Å². The Labute approximate surface area is 434 Å². The number of nitrogens with zero attached hydrogens (tertiary/aromatic N) is 3. The molecular formula is C58H58BN3O5Os2. The summed E-state index contributed by atoms with van der Waals surface area (Å²) in [7, 11) is 0. The Morgan fingerprint density at radius 3 is 1.55 bits per heavy atom. The van der Waals surface area contributed by atoms with Crippen molar-refractivity contribution < 1.29 is 65.1 Å². The van der Waals surface area contributed by atoms with Crippen molar-refractivity contribution in [2.45, 2.75) is 105 Å². The van der Waals surface area contributed by atoms with Crippen LogP contribution in [0.2, 0.25) is 0 Å². The fourth-order valence-electron chi connectivity index (χ4n) is 9.21. The summed E-state index contributed by atoms with van der Waals surface area (Å²) >= 11 is 0. The molecule has 2 aliphatic heterocycles. The molecule has 0 atom stereocenters. The fraction of sp³-hybridized carbons (Fsp3) is 0.276. The van der Waals surface area contributed by atoms with E-state index in [0.717, 1.165) is 72.8 Å². The zero-order valence-corrected chi connectivity index (χ0v) is 46.3. The number of phenols is 5. The summed E-state index contributed by atoms with van der Waals surface area (Å²) in [6, 6.07) is 49.9. The van der Waals surface area contributed by atoms with Gasteiger partial charge >= 0.3 is 39.6 Å². The van der Waals surface area contributed by atoms with E-state index in [-0.39, 0.29) is 73.6 Å². The van der Waals surface area contributed by atoms with Gasteiger partial charge in [0.25, 0.3) is 0 Å². The number of para-hydroxylation sites is 1. The molecule has 0 aromatic heterocycles. The van der Waals surface area contributed by atoms with E-state index in [0.29, 0.717) is 11.4 Å². The van der Waals surface area contributed by atoms with E-state index < -0.39 is 28.7 Å². The zero-order valence-electron chi connectivity index (χ0n) is 41.2. The number of hydrogen-bond acceptors (Lipinski definition) is 8. The summed E-state index contributed by atoms with van der Waals surface area (Å²) in [5, 5.41) is 55.7. The molecule has 0 unspecified atom stereocenters. The summed E-state index contributed by atoms with van der Waals surface area (Å²) in [5.41, 5.74) is 12.5. The van der Waals surface area contributed by atoms with Crippen LogP contribution in [0.15, 0.2) is 103 Å². The van der Waals surface area contributed by atoms with Crippen LogP contribution in [0.5, 0.6) is 28.7 Å². The molecule has 8 nitrogen and oxygen atoms in total. The van der Waals surface area contributed by atoms with Gasteiger partial charge in [-0.15, -0.1) is 16.9 Å². The summed E-state index contributed by atoms with van der Waals surface area (Å²) in [6.45, 7) is 25.8. The Bertz CT molecular complexity index is 3050. The van der Waals surface area contributed by atoms with E-state index in [1.807, 2.05) is 54.6 Å². The number of rotatable bonds is 5. The normalized spacial score (nSPS) is 13.2. The maximum absolute atomic E-state index is 11.6. The topological polar surface area (TPSA) is 111 Å². The molecule has 11 heteroatoms. The van der Waals surface area contributed by atoms with Crippen molar-refractivity contribution in [3.63, 3.8) is 0 Å². The van der Waals surface area contributed by atoms with Crippen molar-refractivity contribution in [2.75, 3.05) is 14.7 Å². The van der Waals surface area contributed by atoms with Gasteiger partial charge in [0.05, 0.1) is 0 Å². The number of phenolic OH excluding ortho intramolecular Hbond substituents is 5. The van der Waals surface area contributed by atoms with Gasteiger partial charge in [-0.05, 0) is 58.2 Å². The third-order valence-corrected chi connectivity index (χ3v) is 13.1. The van der Waals surface area contributed by atoms with Crippen LogP contribution in [-0.4, -0.2) is 32.2 Å². The maximum atomic E-state index is 11.6. The monoisotopic (exact) mass is 1270 g/mol. The Morgan fingerprint density at radius 2 is 1.00 bits per heavy atom. The molecule has 69 heavy (non-hydrogen) atoms. The summed E-state index contributed by atoms with van der Waals surface area (Å²) < 4.78 is 0. The van der Waals surface area contributed by atoms with Gasteiger partial charge in [-0.3, -0.25) is 17.7 Å². The quantitative estimate of drug-likeness (QED) is 0.0502. The molecule has 2 heterocycles. The van der Waals surface area contributed by atoms with E-state index in [1.165, 1.54) is 0 Å². The molecule has 354 valence electrons. The molecular weight excluding hydrogens is 1210 g/mol. The van der Waals surface area contributed by atoms with Crippen molar-refractivity contribution in [3.8, 4) is 28.7 Å². The van der Waals surface area contributed by atoms with Gasteiger partial charge < -0.3 is 52.4 Å². The van der Waals surface area contributed by atoms with Crippen LogP contribution >= 0.6 is 0 Å². The minimum absolute atomic E-state index is 0. The Kier molecular flexibility index (Phi) is 13.3. The maximum Gasteiger partial charge on any atom is 2.00 e. The summed E-state index contributed by atoms with van der Waals surface area (Å²) in [6.07, 6.45) is 0. The average molecular weight is 1270 g/mol. The second kappa shape index (κ2) is 17.9. The van der Waals surface area contributed by atoms with Crippen LogP contribution < -0.4 is 31.1 Å². The minimum atomic E-state index is -1.03. The Balaban J connectivity index is 0.00000352. The van der Waals surface area contributed by atoms with E-state index in [2.05, 4.69) is 166 Å². The minimum Gasteiger partial charge on any atom is -0.503 e. The number of fused-ring (bicyclic) bond motifs is 4. The second-order valence-corrected chi connectivity index (χ2v) is 22.0. The Hall–Kier alpha value is -5.72. The third-order valence-electron chi connectivity index (χ3n) is 13.1. The fourth-order valence-corrected chi connectivity index (χ4v) is 9.21. The van der Waals surface area contributed by atoms with Crippen molar-refractivity contribution >= 4 is 74.3 Å². The Morgan fingerprint density at radius 1 is 0.478 bits per heavy atom. The summed E-state index contributed by atoms with van der Waals surface area (Å²) in [4.78, 5) is 6.09. The van der Waals surface area contributed by atoms with Crippen LogP contribution in [0, 0.1) is 24.3 Å². The molecule has 0 amide bonds. The first-order valence-corrected chi connectivity index (χ1v) is 22.9. The van der Waals surface area contributed by atoms with Crippen molar-refractivity contribution in [1.29, 1.82) is 0 Å². The van der Waals surface area contributed by atoms with Gasteiger partial charge in [0.1, 0.15) is 12.4 Å². The molecule has 0 fully saturated rings. The molecule has 0 aliphatic carbocycles. The van der Waals surface area contributed by atoms with Gasteiger partial charge in [0, 0.05) is 22.7 Å². The first kappa shape index (κ1) is 51.1. The number of anilines is 9. The van der Waals surface area contributed by atoms with Crippen LogP contribution in [0.1, 0.15) is 105 Å². The number of aromatic hydroxyl groups is 5. The van der Waals surface area contributed by atoms with E-state index in [4.69, 9.17) is 0 Å². The van der Waals surface area contributed by atoms with Crippen LogP contribution in [0.3, 0.4) is 0 Å². The first-order chi connectivity index (χ1) is 31.4. The molecule has 7 aromatic carbocycles. The third kappa shape index (κ3) is 8.81. The zero-order chi connectivity index (χ0) is 48.3. The predicted octanol–water partition coefficient (Wildman–Crippen LogP) is 12.2. The van der Waals surface area contributed by atoms with E-state index in [9.17, 15) is 25.5 Å². The van der Waals surface area contributed by atoms with Crippen molar-refractivity contribution in [1.82, 2.24) is 0 Å². The molecule has 0 saturated heterocycles. The van der Waals surface area contributed by atoms with Gasteiger partial charge in [0.15, 0.2) is 11.5 Å². The molecule has 0 radical (unpaired) electrons. The van der Waals surface area contributed by atoms with Crippen LogP contribution in [0.4, 0.5) is 51.2 Å². The van der Waals surface area contributed by atoms with Crippen LogP contribution in [0.25, 0.3) is 0 Å². The van der Waals surface area contributed by atoms with E-state index in [1.54, 1.807) is 4.90 Å². The molecule has 5 N–H and O–H groups in total. The first-order valence-electron chi connectivity index (χ1n) is 22.9. The number of benzene rings is 7. The second-order valence-electron chi connectivity index (χ2n) is 22.0. The smallest absolute Gasteiger partial charge is 0.503 e. The molecule has 0 saturated carbocycles. The van der Waals surface area contributed by atoms with Crippen molar-refractivity contribution in [2.24, 2.45) is 0 Å². The molecule has 7 aromatic rings. The molecule has 0 bridgehead atoms. The largest absolute Gasteiger partial charge is 2.00 e. The predicted molar refractivity (Wildman–Crippen MR) is 274 cm³/mol. The summed E-state index contributed by atoms with van der Waals surface area (Å²) in [5.74, 6) is -4.56. The van der Waals surface area contributed by atoms with E-state index >= 15 is 0 Å². The molecule has 2 aliphatic rings. The average Bonchev–Trinajstić information content (AvgIpc) is 3.27. The SMILES string of the molecule is CC(C)(C)c1[c-]c2c(cc1)B1c3ccc(N(c4ccc(C(C)(C)C)cc4)c4c(O)c(O)c(O)c(O)c4O)cc3N(c3ccccc3)c3cc(C(C)(C)C)[c-]c(c31)N2c1[c-]cc(C(C)(C)C)c[c-]1.[Os+2].[Os+2]. The van der Waals surface area contributed by atoms with Gasteiger partial charge in [-0.25, -0.2) is 5.69 Å². The molecule has 0 spiro atoms. The van der Waals surface area contributed by atoms with Gasteiger partial charge in [0.2, 0.25) is 17.2 Å². The van der Waals surface area contributed by atoms with Gasteiger partial charge in [-0.2, -0.15) is 40.9 Å². The van der Waals surface area contributed by atoms with Crippen molar-refractivity contribution in [3.05, 3.63) is 150 Å². The standard InChI is InChI=1S/C58H58BN3O5.2Os/c1-55(2,3)34-18-23-39(24-19-34)60(49-50(63)52(65)54(67)53(66)51(49)64)41-27-29-43-45(33-41)61(38-16-14-13-15-17-38)46-31-37(58(10,11)12)32-47-48(46)59(43)42-28-22-36(57(7,8)9)30-44(42)62(47)40-25-20-35(21-26-40)56(4,5)6;;/h13-24,27-29,31,33,63-67H,1-12H3;;/q-4;2*+2. The van der Waals surface area contributed by atoms with Crippen LogP contribution in [-0.2, 0) is 61.2 Å². The molecule has 9 rings (SSSR count).